The van der Waals surface area contributed by atoms with Crippen molar-refractivity contribution >= 4 is 15.9 Å². The van der Waals surface area contributed by atoms with Gasteiger partial charge in [0.1, 0.15) is 5.82 Å². The molecule has 0 aromatic heterocycles. The summed E-state index contributed by atoms with van der Waals surface area (Å²) < 4.78 is 14.1. The van der Waals surface area contributed by atoms with Crippen molar-refractivity contribution < 1.29 is 9.50 Å². The number of halogens is 2. The van der Waals surface area contributed by atoms with Crippen LogP contribution < -0.4 is 0 Å². The van der Waals surface area contributed by atoms with Crippen LogP contribution >= 0.6 is 15.9 Å². The summed E-state index contributed by atoms with van der Waals surface area (Å²) >= 11 is 3.41. The van der Waals surface area contributed by atoms with Crippen molar-refractivity contribution in [2.75, 3.05) is 6.61 Å². The maximum atomic E-state index is 13.2. The van der Waals surface area contributed by atoms with Crippen LogP contribution in [0.4, 0.5) is 4.39 Å². The van der Waals surface area contributed by atoms with E-state index in [9.17, 15) is 9.50 Å². The average Bonchev–Trinajstić information content (AvgIpc) is 2.41. The molecule has 0 fully saturated rings. The van der Waals surface area contributed by atoms with Gasteiger partial charge < -0.3 is 5.11 Å². The van der Waals surface area contributed by atoms with Crippen LogP contribution in [0.1, 0.15) is 17.0 Å². The zero-order valence-corrected chi connectivity index (χ0v) is 11.4. The molecule has 1 atom stereocenters. The van der Waals surface area contributed by atoms with E-state index in [2.05, 4.69) is 15.9 Å². The molecule has 3 heteroatoms. The standard InChI is InChI=1S/C15H14BrFO/c16-15-7-6-14(17)9-12(15)8-13(10-18)11-4-2-1-3-5-11/h1-7,9,13,18H,8,10H2. The van der Waals surface area contributed by atoms with E-state index in [1.165, 1.54) is 12.1 Å². The average molecular weight is 309 g/mol. The normalized spacial score (nSPS) is 12.4. The highest BCUT2D eigenvalue weighted by atomic mass is 79.9. The summed E-state index contributed by atoms with van der Waals surface area (Å²) in [7, 11) is 0. The number of rotatable bonds is 4. The van der Waals surface area contributed by atoms with Crippen molar-refractivity contribution in [3.8, 4) is 0 Å². The second-order valence-electron chi connectivity index (χ2n) is 4.23. The minimum atomic E-state index is -0.252. The Kier molecular flexibility index (Phi) is 4.50. The fourth-order valence-corrected chi connectivity index (χ4v) is 2.39. The minimum absolute atomic E-state index is 0.00991. The highest BCUT2D eigenvalue weighted by Gasteiger charge is 2.13. The minimum Gasteiger partial charge on any atom is -0.396 e. The maximum absolute atomic E-state index is 13.2. The molecule has 0 saturated carbocycles. The molecule has 0 amide bonds. The van der Waals surface area contributed by atoms with Crippen molar-refractivity contribution in [1.82, 2.24) is 0 Å². The van der Waals surface area contributed by atoms with Gasteiger partial charge in [0.25, 0.3) is 0 Å². The van der Waals surface area contributed by atoms with Crippen LogP contribution in [-0.4, -0.2) is 11.7 Å². The summed E-state index contributed by atoms with van der Waals surface area (Å²) in [6.45, 7) is 0.0486. The van der Waals surface area contributed by atoms with Crippen LogP contribution in [0, 0.1) is 5.82 Å². The molecule has 0 saturated heterocycles. The highest BCUT2D eigenvalue weighted by molar-refractivity contribution is 9.10. The van der Waals surface area contributed by atoms with E-state index >= 15 is 0 Å². The number of aliphatic hydroxyl groups is 1. The molecule has 0 radical (unpaired) electrons. The first-order chi connectivity index (χ1) is 8.70. The molecule has 18 heavy (non-hydrogen) atoms. The van der Waals surface area contributed by atoms with Crippen molar-refractivity contribution in [2.45, 2.75) is 12.3 Å². The lowest BCUT2D eigenvalue weighted by molar-refractivity contribution is 0.264. The van der Waals surface area contributed by atoms with Crippen LogP contribution in [-0.2, 0) is 6.42 Å². The van der Waals surface area contributed by atoms with Crippen molar-refractivity contribution in [3.63, 3.8) is 0 Å². The molecule has 2 aromatic carbocycles. The molecule has 0 aliphatic rings. The SMILES string of the molecule is OCC(Cc1cc(F)ccc1Br)c1ccccc1. The fraction of sp³-hybridized carbons (Fsp3) is 0.200. The first-order valence-electron chi connectivity index (χ1n) is 5.80. The zero-order chi connectivity index (χ0) is 13.0. The third-order valence-electron chi connectivity index (χ3n) is 2.97. The number of hydrogen-bond acceptors (Lipinski definition) is 1. The molecule has 94 valence electrons. The topological polar surface area (TPSA) is 20.2 Å². The quantitative estimate of drug-likeness (QED) is 0.908. The summed E-state index contributed by atoms with van der Waals surface area (Å²) in [5.74, 6) is -0.262. The Balaban J connectivity index is 2.23. The first-order valence-corrected chi connectivity index (χ1v) is 6.59. The third-order valence-corrected chi connectivity index (χ3v) is 3.74. The van der Waals surface area contributed by atoms with Gasteiger partial charge in [-0.15, -0.1) is 0 Å². The molecule has 0 spiro atoms. The van der Waals surface area contributed by atoms with Gasteiger partial charge in [-0.1, -0.05) is 46.3 Å². The second kappa shape index (κ2) is 6.12. The molecule has 2 aromatic rings. The van der Waals surface area contributed by atoms with Gasteiger partial charge in [0, 0.05) is 10.4 Å². The molecular formula is C15H14BrFO. The summed E-state index contributed by atoms with van der Waals surface area (Å²) in [5.41, 5.74) is 1.94. The molecule has 0 bridgehead atoms. The van der Waals surface area contributed by atoms with Crippen LogP contribution in [0.25, 0.3) is 0 Å². The molecule has 1 unspecified atom stereocenters. The number of aliphatic hydroxyl groups excluding tert-OH is 1. The smallest absolute Gasteiger partial charge is 0.123 e. The summed E-state index contributed by atoms with van der Waals surface area (Å²) in [5, 5.41) is 9.49. The van der Waals surface area contributed by atoms with Crippen LogP contribution in [0.15, 0.2) is 53.0 Å². The van der Waals surface area contributed by atoms with Gasteiger partial charge in [0.15, 0.2) is 0 Å². The predicted molar refractivity (Wildman–Crippen MR) is 74.1 cm³/mol. The van der Waals surface area contributed by atoms with Gasteiger partial charge >= 0.3 is 0 Å². The van der Waals surface area contributed by atoms with Gasteiger partial charge in [-0.25, -0.2) is 4.39 Å². The maximum Gasteiger partial charge on any atom is 0.123 e. The van der Waals surface area contributed by atoms with E-state index in [1.54, 1.807) is 6.07 Å². The van der Waals surface area contributed by atoms with Crippen molar-refractivity contribution in [2.24, 2.45) is 0 Å². The molecule has 0 heterocycles. The van der Waals surface area contributed by atoms with Gasteiger partial charge in [-0.3, -0.25) is 0 Å². The third kappa shape index (κ3) is 3.18. The Morgan fingerprint density at radius 3 is 2.50 bits per heavy atom. The van der Waals surface area contributed by atoms with E-state index in [1.807, 2.05) is 30.3 Å². The number of benzene rings is 2. The van der Waals surface area contributed by atoms with Crippen molar-refractivity contribution in [1.29, 1.82) is 0 Å². The summed E-state index contributed by atoms with van der Waals surface area (Å²) in [4.78, 5) is 0. The van der Waals surface area contributed by atoms with Crippen LogP contribution in [0.3, 0.4) is 0 Å². The van der Waals surface area contributed by atoms with Gasteiger partial charge in [-0.2, -0.15) is 0 Å². The molecule has 0 aliphatic heterocycles. The fourth-order valence-electron chi connectivity index (χ4n) is 1.98. The predicted octanol–water partition coefficient (Wildman–Crippen LogP) is 3.91. The lowest BCUT2D eigenvalue weighted by atomic mass is 9.93. The van der Waals surface area contributed by atoms with Crippen LogP contribution in [0.2, 0.25) is 0 Å². The Morgan fingerprint density at radius 1 is 1.11 bits per heavy atom. The van der Waals surface area contributed by atoms with E-state index in [0.29, 0.717) is 6.42 Å². The monoisotopic (exact) mass is 308 g/mol. The Hall–Kier alpha value is -1.19. The van der Waals surface area contributed by atoms with E-state index in [0.717, 1.165) is 15.6 Å². The Morgan fingerprint density at radius 2 is 1.83 bits per heavy atom. The van der Waals surface area contributed by atoms with E-state index < -0.39 is 0 Å². The highest BCUT2D eigenvalue weighted by Crippen LogP contribution is 2.25. The first kappa shape index (κ1) is 13.2. The Bertz CT molecular complexity index is 513. The van der Waals surface area contributed by atoms with E-state index in [-0.39, 0.29) is 18.3 Å². The molecular weight excluding hydrogens is 295 g/mol. The van der Waals surface area contributed by atoms with Crippen molar-refractivity contribution in [3.05, 3.63) is 69.9 Å². The molecule has 2 rings (SSSR count). The number of hydrogen-bond donors (Lipinski definition) is 1. The molecule has 0 aliphatic carbocycles. The largest absolute Gasteiger partial charge is 0.396 e. The lowest BCUT2D eigenvalue weighted by Crippen LogP contribution is -2.08. The Labute approximate surface area is 114 Å². The molecule has 1 nitrogen and oxygen atoms in total. The summed E-state index contributed by atoms with van der Waals surface area (Å²) in [6, 6.07) is 14.4. The summed E-state index contributed by atoms with van der Waals surface area (Å²) in [6.07, 6.45) is 0.610. The molecule has 1 N–H and O–H groups in total. The zero-order valence-electron chi connectivity index (χ0n) is 9.81. The van der Waals surface area contributed by atoms with Gasteiger partial charge in [-0.05, 0) is 35.7 Å². The van der Waals surface area contributed by atoms with Gasteiger partial charge in [0.05, 0.1) is 6.61 Å². The van der Waals surface area contributed by atoms with Gasteiger partial charge in [0.2, 0.25) is 0 Å². The van der Waals surface area contributed by atoms with Crippen LogP contribution in [0.5, 0.6) is 0 Å². The second-order valence-corrected chi connectivity index (χ2v) is 5.08. The van der Waals surface area contributed by atoms with E-state index in [4.69, 9.17) is 0 Å². The lowest BCUT2D eigenvalue weighted by Gasteiger charge is -2.15.